The summed E-state index contributed by atoms with van der Waals surface area (Å²) in [6.07, 6.45) is 0.631. The highest BCUT2D eigenvalue weighted by Crippen LogP contribution is 2.40. The number of rotatable bonds is 10. The Morgan fingerprint density at radius 3 is 2.41 bits per heavy atom. The van der Waals surface area contributed by atoms with Crippen LogP contribution in [-0.2, 0) is 4.79 Å². The van der Waals surface area contributed by atoms with Crippen LogP contribution in [0, 0.1) is 6.92 Å². The number of aromatic nitrogens is 1. The lowest BCUT2D eigenvalue weighted by molar-refractivity contribution is -0.124. The number of ether oxygens (including phenoxy) is 2. The van der Waals surface area contributed by atoms with Crippen LogP contribution in [0.4, 0.5) is 11.4 Å². The standard InChI is InChI=1S/C25H31N5O6S/c1-7-25(3,4)28-23(32)20(16-11-8-13(2)36-16)30(15-10-9-14(34-5)12-17(15)35-6)24(33)21-18(26)19(22(27)31)29-37-21/h8-12,20H,7,26H2,1-6H3,(H2,27,31)(H,28,32)/t20-/m1/s1. The summed E-state index contributed by atoms with van der Waals surface area (Å²) in [5.41, 5.74) is 10.7. The highest BCUT2D eigenvalue weighted by molar-refractivity contribution is 7.09. The third-order valence-electron chi connectivity index (χ3n) is 5.90. The van der Waals surface area contributed by atoms with Gasteiger partial charge < -0.3 is 30.7 Å². The third-order valence-corrected chi connectivity index (χ3v) is 6.75. The maximum Gasteiger partial charge on any atom is 0.273 e. The number of hydrogen-bond donors (Lipinski definition) is 3. The summed E-state index contributed by atoms with van der Waals surface area (Å²) in [7, 11) is 2.93. The molecule has 3 aromatic rings. The van der Waals surface area contributed by atoms with Crippen LogP contribution >= 0.6 is 11.5 Å². The van der Waals surface area contributed by atoms with E-state index in [1.807, 2.05) is 20.8 Å². The number of carbonyl (C=O) groups is 3. The molecule has 0 saturated heterocycles. The molecule has 0 aliphatic rings. The van der Waals surface area contributed by atoms with Crippen LogP contribution in [0.1, 0.15) is 64.9 Å². The second kappa shape index (κ2) is 10.9. The highest BCUT2D eigenvalue weighted by atomic mass is 32.1. The van der Waals surface area contributed by atoms with Crippen LogP contribution in [0.5, 0.6) is 11.5 Å². The van der Waals surface area contributed by atoms with E-state index in [0.29, 0.717) is 29.5 Å². The van der Waals surface area contributed by atoms with Crippen molar-refractivity contribution >= 4 is 40.6 Å². The number of aryl methyl sites for hydroxylation is 1. The second-order valence-electron chi connectivity index (χ2n) is 8.93. The first-order valence-electron chi connectivity index (χ1n) is 11.4. The number of nitrogen functional groups attached to an aromatic ring is 1. The van der Waals surface area contributed by atoms with Gasteiger partial charge in [-0.25, -0.2) is 0 Å². The molecule has 0 aliphatic heterocycles. The summed E-state index contributed by atoms with van der Waals surface area (Å²) in [6, 6.07) is 6.84. The zero-order valence-electron chi connectivity index (χ0n) is 21.6. The van der Waals surface area contributed by atoms with Crippen molar-refractivity contribution in [1.82, 2.24) is 9.69 Å². The molecule has 37 heavy (non-hydrogen) atoms. The molecular weight excluding hydrogens is 498 g/mol. The monoisotopic (exact) mass is 529 g/mol. The number of anilines is 2. The average molecular weight is 530 g/mol. The lowest BCUT2D eigenvalue weighted by atomic mass is 10.0. The summed E-state index contributed by atoms with van der Waals surface area (Å²) in [5, 5.41) is 2.99. The van der Waals surface area contributed by atoms with E-state index < -0.39 is 29.3 Å². The van der Waals surface area contributed by atoms with Gasteiger partial charge in [-0.05, 0) is 63.0 Å². The number of methoxy groups -OCH3 is 2. The lowest BCUT2D eigenvalue weighted by Crippen LogP contribution is -2.50. The molecule has 0 spiro atoms. The highest BCUT2D eigenvalue weighted by Gasteiger charge is 2.40. The smallest absolute Gasteiger partial charge is 0.273 e. The molecule has 2 heterocycles. The van der Waals surface area contributed by atoms with Gasteiger partial charge in [-0.2, -0.15) is 4.37 Å². The molecule has 11 nitrogen and oxygen atoms in total. The molecule has 0 saturated carbocycles. The molecule has 2 aromatic heterocycles. The quantitative estimate of drug-likeness (QED) is 0.360. The van der Waals surface area contributed by atoms with Crippen molar-refractivity contribution < 1.29 is 28.3 Å². The van der Waals surface area contributed by atoms with E-state index in [1.165, 1.54) is 19.1 Å². The van der Waals surface area contributed by atoms with Crippen molar-refractivity contribution in [1.29, 1.82) is 0 Å². The second-order valence-corrected chi connectivity index (χ2v) is 9.70. The molecule has 3 rings (SSSR count). The summed E-state index contributed by atoms with van der Waals surface area (Å²) in [5.74, 6) is -0.580. The number of primary amides is 1. The Labute approximate surface area is 218 Å². The fraction of sp³-hybridized carbons (Fsp3) is 0.360. The number of amides is 3. The molecule has 198 valence electrons. The van der Waals surface area contributed by atoms with E-state index in [-0.39, 0.29) is 33.5 Å². The van der Waals surface area contributed by atoms with Gasteiger partial charge in [-0.3, -0.25) is 19.3 Å². The Balaban J connectivity index is 2.29. The fourth-order valence-corrected chi connectivity index (χ4v) is 4.29. The summed E-state index contributed by atoms with van der Waals surface area (Å²) in [6.45, 7) is 7.41. The van der Waals surface area contributed by atoms with Crippen molar-refractivity contribution in [2.24, 2.45) is 5.73 Å². The predicted octanol–water partition coefficient (Wildman–Crippen LogP) is 3.44. The Morgan fingerprint density at radius 2 is 1.89 bits per heavy atom. The topological polar surface area (TPSA) is 163 Å². The van der Waals surface area contributed by atoms with E-state index >= 15 is 0 Å². The van der Waals surface area contributed by atoms with Crippen LogP contribution < -0.4 is 31.2 Å². The largest absolute Gasteiger partial charge is 0.497 e. The van der Waals surface area contributed by atoms with E-state index in [2.05, 4.69) is 9.69 Å². The molecule has 1 aromatic carbocycles. The predicted molar refractivity (Wildman–Crippen MR) is 140 cm³/mol. The van der Waals surface area contributed by atoms with Gasteiger partial charge in [0.25, 0.3) is 17.7 Å². The minimum Gasteiger partial charge on any atom is -0.497 e. The van der Waals surface area contributed by atoms with E-state index in [1.54, 1.807) is 37.3 Å². The van der Waals surface area contributed by atoms with Gasteiger partial charge in [0.05, 0.1) is 25.6 Å². The zero-order chi connectivity index (χ0) is 27.5. The molecule has 12 heteroatoms. The molecule has 3 amide bonds. The Bertz CT molecular complexity index is 1310. The van der Waals surface area contributed by atoms with Crippen molar-refractivity contribution in [2.75, 3.05) is 24.9 Å². The molecule has 0 radical (unpaired) electrons. The number of nitrogens with two attached hydrogens (primary N) is 2. The number of furan rings is 1. The molecule has 0 bridgehead atoms. The minimum absolute atomic E-state index is 0.0671. The lowest BCUT2D eigenvalue weighted by Gasteiger charge is -2.33. The van der Waals surface area contributed by atoms with Crippen molar-refractivity contribution in [3.63, 3.8) is 0 Å². The van der Waals surface area contributed by atoms with Gasteiger partial charge >= 0.3 is 0 Å². The molecule has 5 N–H and O–H groups in total. The SMILES string of the molecule is CCC(C)(C)NC(=O)[C@@H](c1ccc(C)o1)N(C(=O)c1snc(C(N)=O)c1N)c1ccc(OC)cc1OC. The van der Waals surface area contributed by atoms with E-state index in [9.17, 15) is 14.4 Å². The first-order valence-corrected chi connectivity index (χ1v) is 12.2. The number of nitrogens with one attached hydrogen (secondary N) is 1. The van der Waals surface area contributed by atoms with Gasteiger partial charge in [-0.15, -0.1) is 0 Å². The third kappa shape index (κ3) is 5.69. The van der Waals surface area contributed by atoms with Crippen molar-refractivity contribution in [2.45, 2.75) is 45.7 Å². The normalized spacial score (nSPS) is 12.1. The first-order chi connectivity index (χ1) is 17.4. The van der Waals surface area contributed by atoms with Gasteiger partial charge in [0, 0.05) is 11.6 Å². The molecule has 0 aliphatic carbocycles. The van der Waals surface area contributed by atoms with E-state index in [4.69, 9.17) is 25.4 Å². The average Bonchev–Trinajstić information content (AvgIpc) is 3.46. The maximum atomic E-state index is 14.1. The van der Waals surface area contributed by atoms with Crippen LogP contribution in [0.3, 0.4) is 0 Å². The minimum atomic E-state index is -1.27. The van der Waals surface area contributed by atoms with Crippen LogP contribution in [0.2, 0.25) is 0 Å². The molecule has 1 atom stereocenters. The van der Waals surface area contributed by atoms with Gasteiger partial charge in [0.15, 0.2) is 11.7 Å². The number of nitrogens with zero attached hydrogens (tertiary/aromatic N) is 2. The molecule has 0 fully saturated rings. The Morgan fingerprint density at radius 1 is 1.19 bits per heavy atom. The molecular formula is C25H31N5O6S. The van der Waals surface area contributed by atoms with Crippen LogP contribution in [0.25, 0.3) is 0 Å². The van der Waals surface area contributed by atoms with E-state index in [0.717, 1.165) is 0 Å². The van der Waals surface area contributed by atoms with Crippen LogP contribution in [0.15, 0.2) is 34.7 Å². The zero-order valence-corrected chi connectivity index (χ0v) is 22.4. The Hall–Kier alpha value is -4.06. The van der Waals surface area contributed by atoms with Gasteiger partial charge in [0.1, 0.15) is 27.9 Å². The maximum absolute atomic E-state index is 14.1. The number of carbonyl (C=O) groups excluding carboxylic acids is 3. The fourth-order valence-electron chi connectivity index (χ4n) is 3.55. The summed E-state index contributed by atoms with van der Waals surface area (Å²) < 4.78 is 20.7. The van der Waals surface area contributed by atoms with Crippen molar-refractivity contribution in [3.05, 3.63) is 52.4 Å². The van der Waals surface area contributed by atoms with Gasteiger partial charge in [0.2, 0.25) is 0 Å². The summed E-state index contributed by atoms with van der Waals surface area (Å²) in [4.78, 5) is 40.9. The first kappa shape index (κ1) is 27.5. The van der Waals surface area contributed by atoms with Gasteiger partial charge in [-0.1, -0.05) is 6.92 Å². The van der Waals surface area contributed by atoms with Crippen LogP contribution in [-0.4, -0.2) is 41.9 Å². The van der Waals surface area contributed by atoms with Crippen molar-refractivity contribution in [3.8, 4) is 11.5 Å². The molecule has 0 unspecified atom stereocenters. The number of hydrogen-bond acceptors (Lipinski definition) is 9. The summed E-state index contributed by atoms with van der Waals surface area (Å²) >= 11 is 0.709. The Kier molecular flexibility index (Phi) is 8.12. The number of benzene rings is 1.